The third-order valence-corrected chi connectivity index (χ3v) is 5.74. The van der Waals surface area contributed by atoms with Gasteiger partial charge in [0, 0.05) is 17.1 Å². The number of carbonyl (C=O) groups is 1. The minimum Gasteiger partial charge on any atom is -0.495 e. The maximum atomic E-state index is 13.0. The topological polar surface area (TPSA) is 51.1 Å². The van der Waals surface area contributed by atoms with Gasteiger partial charge in [-0.2, -0.15) is 0 Å². The van der Waals surface area contributed by atoms with Crippen molar-refractivity contribution in [3.05, 3.63) is 56.9 Å². The summed E-state index contributed by atoms with van der Waals surface area (Å²) in [5, 5.41) is 1.49. The van der Waals surface area contributed by atoms with Gasteiger partial charge in [0.25, 0.3) is 5.91 Å². The summed E-state index contributed by atoms with van der Waals surface area (Å²) < 4.78 is 10.9. The Hall–Kier alpha value is -2.15. The molecule has 1 aliphatic rings. The number of amidine groups is 1. The number of aliphatic imine (C=N–C) groups is 1. The number of methoxy groups -OCH3 is 1. The van der Waals surface area contributed by atoms with Gasteiger partial charge in [-0.25, -0.2) is 4.99 Å². The standard InChI is InChI=1S/C22H22Cl2N2O3S/c1-4-10-26-21(27)19(12-14-11-15(23)13-18(24)20(14)28-3)30-22(26)25-16-6-8-17(9-7-16)29-5-2/h6-9,11-13H,4-5,10H2,1-3H3/b19-12-,25-22?. The highest BCUT2D eigenvalue weighted by molar-refractivity contribution is 8.18. The Morgan fingerprint density at radius 2 is 1.90 bits per heavy atom. The molecule has 158 valence electrons. The van der Waals surface area contributed by atoms with Crippen LogP contribution < -0.4 is 9.47 Å². The van der Waals surface area contributed by atoms with Crippen molar-refractivity contribution < 1.29 is 14.3 Å². The molecule has 5 nitrogen and oxygen atoms in total. The number of ether oxygens (including phenoxy) is 2. The number of benzene rings is 2. The molecule has 1 saturated heterocycles. The van der Waals surface area contributed by atoms with Crippen molar-refractivity contribution in [3.8, 4) is 11.5 Å². The zero-order valence-electron chi connectivity index (χ0n) is 16.9. The first-order chi connectivity index (χ1) is 14.5. The van der Waals surface area contributed by atoms with E-state index in [0.29, 0.717) is 44.6 Å². The number of nitrogens with zero attached hydrogens (tertiary/aromatic N) is 2. The highest BCUT2D eigenvalue weighted by atomic mass is 35.5. The van der Waals surface area contributed by atoms with Gasteiger partial charge in [-0.3, -0.25) is 9.69 Å². The van der Waals surface area contributed by atoms with Crippen LogP contribution in [0.15, 0.2) is 46.3 Å². The fourth-order valence-corrected chi connectivity index (χ4v) is 4.55. The van der Waals surface area contributed by atoms with Crippen LogP contribution in [0.4, 0.5) is 5.69 Å². The molecule has 0 aliphatic carbocycles. The van der Waals surface area contributed by atoms with Gasteiger partial charge in [0.1, 0.15) is 11.5 Å². The Morgan fingerprint density at radius 3 is 2.53 bits per heavy atom. The predicted molar refractivity (Wildman–Crippen MR) is 125 cm³/mol. The highest BCUT2D eigenvalue weighted by Crippen LogP contribution is 2.38. The Kier molecular flexibility index (Phi) is 7.69. The van der Waals surface area contributed by atoms with Crippen LogP contribution in [-0.2, 0) is 4.79 Å². The lowest BCUT2D eigenvalue weighted by Gasteiger charge is -2.14. The van der Waals surface area contributed by atoms with Crippen LogP contribution in [0.3, 0.4) is 0 Å². The molecule has 0 bridgehead atoms. The molecule has 0 aromatic heterocycles. The molecule has 3 rings (SSSR count). The molecule has 0 atom stereocenters. The fraction of sp³-hybridized carbons (Fsp3) is 0.273. The Morgan fingerprint density at radius 1 is 1.17 bits per heavy atom. The summed E-state index contributed by atoms with van der Waals surface area (Å²) in [6, 6.07) is 10.8. The van der Waals surface area contributed by atoms with Crippen molar-refractivity contribution in [2.75, 3.05) is 20.3 Å². The first-order valence-corrected chi connectivity index (χ1v) is 11.1. The number of carbonyl (C=O) groups excluding carboxylic acids is 1. The fourth-order valence-electron chi connectivity index (χ4n) is 2.95. The van der Waals surface area contributed by atoms with Crippen molar-refractivity contribution in [1.29, 1.82) is 0 Å². The van der Waals surface area contributed by atoms with Crippen LogP contribution in [0.2, 0.25) is 10.0 Å². The zero-order valence-corrected chi connectivity index (χ0v) is 19.3. The van der Waals surface area contributed by atoms with Crippen molar-refractivity contribution in [1.82, 2.24) is 4.90 Å². The average molecular weight is 465 g/mol. The van der Waals surface area contributed by atoms with Gasteiger partial charge in [0.2, 0.25) is 0 Å². The van der Waals surface area contributed by atoms with Gasteiger partial charge in [-0.15, -0.1) is 0 Å². The lowest BCUT2D eigenvalue weighted by molar-refractivity contribution is -0.122. The lowest BCUT2D eigenvalue weighted by atomic mass is 10.2. The summed E-state index contributed by atoms with van der Waals surface area (Å²) in [4.78, 5) is 19.9. The van der Waals surface area contributed by atoms with E-state index >= 15 is 0 Å². The first kappa shape index (κ1) is 22.5. The summed E-state index contributed by atoms with van der Waals surface area (Å²) in [5.74, 6) is 1.15. The summed E-state index contributed by atoms with van der Waals surface area (Å²) in [6.45, 7) is 5.14. The maximum absolute atomic E-state index is 13.0. The van der Waals surface area contributed by atoms with E-state index in [4.69, 9.17) is 32.7 Å². The smallest absolute Gasteiger partial charge is 0.266 e. The minimum atomic E-state index is -0.107. The van der Waals surface area contributed by atoms with Gasteiger partial charge in [-0.1, -0.05) is 30.1 Å². The molecule has 1 heterocycles. The molecule has 1 amide bonds. The Labute approximate surface area is 190 Å². The lowest BCUT2D eigenvalue weighted by Crippen LogP contribution is -2.29. The number of halogens is 2. The van der Waals surface area contributed by atoms with Crippen molar-refractivity contribution in [2.24, 2.45) is 4.99 Å². The van der Waals surface area contributed by atoms with Crippen LogP contribution in [0.1, 0.15) is 25.8 Å². The van der Waals surface area contributed by atoms with Gasteiger partial charge >= 0.3 is 0 Å². The summed E-state index contributed by atoms with van der Waals surface area (Å²) in [5.41, 5.74) is 1.39. The van der Waals surface area contributed by atoms with Crippen LogP contribution in [0.5, 0.6) is 11.5 Å². The summed E-state index contributed by atoms with van der Waals surface area (Å²) in [7, 11) is 1.53. The number of hydrogen-bond donors (Lipinski definition) is 0. The van der Waals surface area contributed by atoms with Crippen LogP contribution in [0, 0.1) is 0 Å². The van der Waals surface area contributed by atoms with Crippen LogP contribution in [0.25, 0.3) is 6.08 Å². The second-order valence-corrected chi connectivity index (χ2v) is 8.25. The van der Waals surface area contributed by atoms with Gasteiger partial charge < -0.3 is 9.47 Å². The molecule has 2 aromatic carbocycles. The number of amides is 1. The third kappa shape index (κ3) is 5.12. The van der Waals surface area contributed by atoms with Crippen LogP contribution >= 0.6 is 35.0 Å². The first-order valence-electron chi connectivity index (χ1n) is 9.52. The highest BCUT2D eigenvalue weighted by Gasteiger charge is 2.33. The summed E-state index contributed by atoms with van der Waals surface area (Å²) in [6.07, 6.45) is 2.56. The predicted octanol–water partition coefficient (Wildman–Crippen LogP) is 6.41. The van der Waals surface area contributed by atoms with Gasteiger partial charge in [0.05, 0.1) is 29.3 Å². The third-order valence-electron chi connectivity index (χ3n) is 4.24. The number of rotatable bonds is 7. The molecule has 0 unspecified atom stereocenters. The molecular formula is C22H22Cl2N2O3S. The van der Waals surface area contributed by atoms with E-state index in [1.807, 2.05) is 38.1 Å². The molecule has 8 heteroatoms. The summed E-state index contributed by atoms with van der Waals surface area (Å²) >= 11 is 13.7. The normalized spacial score (nSPS) is 16.6. The molecule has 0 spiro atoms. The Balaban J connectivity index is 1.96. The monoisotopic (exact) mass is 464 g/mol. The second kappa shape index (κ2) is 10.2. The van der Waals surface area contributed by atoms with E-state index < -0.39 is 0 Å². The van der Waals surface area contributed by atoms with E-state index in [2.05, 4.69) is 4.99 Å². The van der Waals surface area contributed by atoms with Crippen LogP contribution in [-0.4, -0.2) is 36.2 Å². The molecule has 0 radical (unpaired) electrons. The molecule has 2 aromatic rings. The molecular weight excluding hydrogens is 443 g/mol. The molecule has 0 N–H and O–H groups in total. The van der Waals surface area contributed by atoms with E-state index in [1.165, 1.54) is 18.9 Å². The molecule has 1 aliphatic heterocycles. The van der Waals surface area contributed by atoms with Gasteiger partial charge in [-0.05, 0) is 67.6 Å². The van der Waals surface area contributed by atoms with E-state index in [9.17, 15) is 4.79 Å². The van der Waals surface area contributed by atoms with Crippen molar-refractivity contribution in [3.63, 3.8) is 0 Å². The van der Waals surface area contributed by atoms with E-state index in [-0.39, 0.29) is 5.91 Å². The second-order valence-electron chi connectivity index (χ2n) is 6.40. The van der Waals surface area contributed by atoms with Gasteiger partial charge in [0.15, 0.2) is 5.17 Å². The number of hydrogen-bond acceptors (Lipinski definition) is 5. The van der Waals surface area contributed by atoms with Crippen molar-refractivity contribution in [2.45, 2.75) is 20.3 Å². The average Bonchev–Trinajstić information content (AvgIpc) is 2.98. The molecule has 30 heavy (non-hydrogen) atoms. The largest absolute Gasteiger partial charge is 0.495 e. The van der Waals surface area contributed by atoms with E-state index in [1.54, 1.807) is 23.1 Å². The SMILES string of the molecule is CCCN1C(=O)/C(=C/c2cc(Cl)cc(Cl)c2OC)SC1=Nc1ccc(OCC)cc1. The Bertz CT molecular complexity index is 991. The van der Waals surface area contributed by atoms with E-state index in [0.717, 1.165) is 17.9 Å². The maximum Gasteiger partial charge on any atom is 0.266 e. The minimum absolute atomic E-state index is 0.107. The van der Waals surface area contributed by atoms with Crippen molar-refractivity contribution >= 4 is 57.8 Å². The zero-order chi connectivity index (χ0) is 21.7. The molecule has 0 saturated carbocycles. The number of thioether (sulfide) groups is 1. The molecule has 1 fully saturated rings. The quantitative estimate of drug-likeness (QED) is 0.443.